The van der Waals surface area contributed by atoms with Crippen molar-refractivity contribution in [3.05, 3.63) is 35.9 Å². The molecule has 1 atom stereocenters. The van der Waals surface area contributed by atoms with Gasteiger partial charge in [-0.25, -0.2) is 0 Å². The van der Waals surface area contributed by atoms with E-state index in [-0.39, 0.29) is 30.7 Å². The molecule has 0 bridgehead atoms. The zero-order valence-corrected chi connectivity index (χ0v) is 10.7. The van der Waals surface area contributed by atoms with Gasteiger partial charge in [-0.3, -0.25) is 9.59 Å². The van der Waals surface area contributed by atoms with Crippen molar-refractivity contribution in [1.82, 2.24) is 5.32 Å². The Balaban J connectivity index is 2.73. The number of carboxylic acids is 1. The molecule has 0 spiro atoms. The lowest BCUT2D eigenvalue weighted by Crippen LogP contribution is -2.31. The second kappa shape index (κ2) is 6.79. The Kier molecular flexibility index (Phi) is 5.36. The second-order valence-electron chi connectivity index (χ2n) is 4.63. The first-order valence-electron chi connectivity index (χ1n) is 6.05. The maximum Gasteiger partial charge on any atom is 0.303 e. The molecular weight excluding hydrogens is 230 g/mol. The summed E-state index contributed by atoms with van der Waals surface area (Å²) in [6.45, 7) is 3.76. The van der Waals surface area contributed by atoms with Crippen LogP contribution >= 0.6 is 0 Å². The quantitative estimate of drug-likeness (QED) is 0.812. The minimum absolute atomic E-state index is 0.0322. The fourth-order valence-corrected chi connectivity index (χ4v) is 1.85. The number of benzene rings is 1. The fourth-order valence-electron chi connectivity index (χ4n) is 1.85. The predicted molar refractivity (Wildman–Crippen MR) is 69.3 cm³/mol. The van der Waals surface area contributed by atoms with E-state index in [0.717, 1.165) is 5.56 Å². The summed E-state index contributed by atoms with van der Waals surface area (Å²) >= 11 is 0. The fraction of sp³-hybridized carbons (Fsp3) is 0.429. The number of rotatable bonds is 6. The van der Waals surface area contributed by atoms with Crippen molar-refractivity contribution in [3.63, 3.8) is 0 Å². The highest BCUT2D eigenvalue weighted by Gasteiger charge is 2.19. The SMILES string of the molecule is CC(C)NC(=O)C[C@@H](CC(=O)O)c1ccccc1. The third kappa shape index (κ3) is 4.99. The van der Waals surface area contributed by atoms with Crippen molar-refractivity contribution in [3.8, 4) is 0 Å². The molecule has 0 heterocycles. The molecule has 4 nitrogen and oxygen atoms in total. The van der Waals surface area contributed by atoms with Gasteiger partial charge in [-0.15, -0.1) is 0 Å². The maximum atomic E-state index is 11.7. The molecule has 4 heteroatoms. The molecule has 0 aromatic heterocycles. The highest BCUT2D eigenvalue weighted by Crippen LogP contribution is 2.23. The van der Waals surface area contributed by atoms with Crippen LogP contribution in [0.3, 0.4) is 0 Å². The van der Waals surface area contributed by atoms with Crippen LogP contribution in [0.5, 0.6) is 0 Å². The van der Waals surface area contributed by atoms with Crippen LogP contribution in [0.2, 0.25) is 0 Å². The number of carbonyl (C=O) groups is 2. The average Bonchev–Trinajstić information content (AvgIpc) is 2.27. The summed E-state index contributed by atoms with van der Waals surface area (Å²) in [6.07, 6.45) is 0.171. The van der Waals surface area contributed by atoms with E-state index in [1.54, 1.807) is 0 Å². The Bertz CT molecular complexity index is 401. The van der Waals surface area contributed by atoms with Crippen molar-refractivity contribution >= 4 is 11.9 Å². The van der Waals surface area contributed by atoms with Gasteiger partial charge in [0.15, 0.2) is 0 Å². The molecule has 0 unspecified atom stereocenters. The number of hydrogen-bond donors (Lipinski definition) is 2. The van der Waals surface area contributed by atoms with E-state index in [9.17, 15) is 9.59 Å². The number of amides is 1. The van der Waals surface area contributed by atoms with Crippen molar-refractivity contribution in [2.24, 2.45) is 0 Å². The molecule has 98 valence electrons. The van der Waals surface area contributed by atoms with Gasteiger partial charge in [-0.05, 0) is 19.4 Å². The molecule has 0 saturated carbocycles. The van der Waals surface area contributed by atoms with Gasteiger partial charge in [0.05, 0.1) is 6.42 Å². The monoisotopic (exact) mass is 249 g/mol. The second-order valence-corrected chi connectivity index (χ2v) is 4.63. The van der Waals surface area contributed by atoms with Crippen LogP contribution in [0.15, 0.2) is 30.3 Å². The lowest BCUT2D eigenvalue weighted by Gasteiger charge is -2.16. The lowest BCUT2D eigenvalue weighted by molar-refractivity contribution is -0.137. The third-order valence-corrected chi connectivity index (χ3v) is 2.57. The van der Waals surface area contributed by atoms with Crippen LogP contribution in [-0.4, -0.2) is 23.0 Å². The molecule has 0 fully saturated rings. The standard InChI is InChI=1S/C14H19NO3/c1-10(2)15-13(16)8-12(9-14(17)18)11-6-4-3-5-7-11/h3-7,10,12H,8-9H2,1-2H3,(H,15,16)(H,17,18)/t12-/m0/s1. The summed E-state index contributed by atoms with van der Waals surface area (Å²) in [7, 11) is 0. The smallest absolute Gasteiger partial charge is 0.303 e. The normalized spacial score (nSPS) is 12.2. The van der Waals surface area contributed by atoms with Crippen molar-refractivity contribution in [2.45, 2.75) is 38.6 Å². The highest BCUT2D eigenvalue weighted by molar-refractivity contribution is 5.78. The summed E-state index contributed by atoms with van der Waals surface area (Å²) in [6, 6.07) is 9.36. The van der Waals surface area contributed by atoms with Crippen LogP contribution in [0, 0.1) is 0 Å². The molecule has 2 N–H and O–H groups in total. The van der Waals surface area contributed by atoms with Gasteiger partial charge < -0.3 is 10.4 Å². The van der Waals surface area contributed by atoms with Crippen LogP contribution in [0.25, 0.3) is 0 Å². The molecular formula is C14H19NO3. The van der Waals surface area contributed by atoms with E-state index in [0.29, 0.717) is 0 Å². The highest BCUT2D eigenvalue weighted by atomic mass is 16.4. The number of carboxylic acid groups (broad SMARTS) is 1. The van der Waals surface area contributed by atoms with E-state index < -0.39 is 5.97 Å². The van der Waals surface area contributed by atoms with Gasteiger partial charge in [0.1, 0.15) is 0 Å². The van der Waals surface area contributed by atoms with Gasteiger partial charge in [-0.1, -0.05) is 30.3 Å². The summed E-state index contributed by atoms with van der Waals surface area (Å²) in [5, 5.41) is 11.7. The molecule has 1 aromatic rings. The predicted octanol–water partition coefficient (Wildman–Crippen LogP) is 2.16. The number of carbonyl (C=O) groups excluding carboxylic acids is 1. The summed E-state index contributed by atoms with van der Waals surface area (Å²) < 4.78 is 0. The van der Waals surface area contributed by atoms with Crippen LogP contribution in [0.1, 0.15) is 38.2 Å². The molecule has 0 aliphatic rings. The summed E-state index contributed by atoms with van der Waals surface area (Å²) in [5.74, 6) is -1.27. The average molecular weight is 249 g/mol. The molecule has 18 heavy (non-hydrogen) atoms. The van der Waals surface area contributed by atoms with Crippen molar-refractivity contribution in [2.75, 3.05) is 0 Å². The molecule has 1 aromatic carbocycles. The molecule has 1 amide bonds. The molecule has 1 rings (SSSR count). The zero-order valence-electron chi connectivity index (χ0n) is 10.7. The van der Waals surface area contributed by atoms with Gasteiger partial charge in [0.2, 0.25) is 5.91 Å². The Morgan fingerprint density at radius 3 is 2.28 bits per heavy atom. The van der Waals surface area contributed by atoms with Crippen LogP contribution in [-0.2, 0) is 9.59 Å². The van der Waals surface area contributed by atoms with Gasteiger partial charge >= 0.3 is 5.97 Å². The van der Waals surface area contributed by atoms with Crippen molar-refractivity contribution in [1.29, 1.82) is 0 Å². The topological polar surface area (TPSA) is 66.4 Å². The first-order valence-corrected chi connectivity index (χ1v) is 6.05. The van der Waals surface area contributed by atoms with E-state index >= 15 is 0 Å². The molecule has 0 saturated heterocycles. The number of aliphatic carboxylic acids is 1. The molecule has 0 radical (unpaired) electrons. The van der Waals surface area contributed by atoms with E-state index in [2.05, 4.69) is 5.32 Å². The Morgan fingerprint density at radius 2 is 1.78 bits per heavy atom. The third-order valence-electron chi connectivity index (χ3n) is 2.57. The van der Waals surface area contributed by atoms with E-state index in [1.807, 2.05) is 44.2 Å². The lowest BCUT2D eigenvalue weighted by atomic mass is 9.92. The van der Waals surface area contributed by atoms with Gasteiger partial charge in [-0.2, -0.15) is 0 Å². The summed E-state index contributed by atoms with van der Waals surface area (Å²) in [4.78, 5) is 22.6. The van der Waals surface area contributed by atoms with Crippen LogP contribution < -0.4 is 5.32 Å². The van der Waals surface area contributed by atoms with Crippen molar-refractivity contribution < 1.29 is 14.7 Å². The zero-order chi connectivity index (χ0) is 13.5. The summed E-state index contributed by atoms with van der Waals surface area (Å²) in [5.41, 5.74) is 0.888. The Hall–Kier alpha value is -1.84. The van der Waals surface area contributed by atoms with Gasteiger partial charge in [0.25, 0.3) is 0 Å². The minimum atomic E-state index is -0.888. The molecule has 0 aliphatic heterocycles. The first-order chi connectivity index (χ1) is 8.49. The number of hydrogen-bond acceptors (Lipinski definition) is 2. The largest absolute Gasteiger partial charge is 0.481 e. The molecule has 0 aliphatic carbocycles. The maximum absolute atomic E-state index is 11.7. The Labute approximate surface area is 107 Å². The minimum Gasteiger partial charge on any atom is -0.481 e. The van der Waals surface area contributed by atoms with E-state index in [4.69, 9.17) is 5.11 Å². The van der Waals surface area contributed by atoms with Crippen LogP contribution in [0.4, 0.5) is 0 Å². The van der Waals surface area contributed by atoms with Gasteiger partial charge in [0, 0.05) is 18.4 Å². The first kappa shape index (κ1) is 14.2. The van der Waals surface area contributed by atoms with E-state index in [1.165, 1.54) is 0 Å². The Morgan fingerprint density at radius 1 is 1.17 bits per heavy atom. The number of nitrogens with one attached hydrogen (secondary N) is 1.